The van der Waals surface area contributed by atoms with Crippen molar-refractivity contribution in [1.29, 1.82) is 0 Å². The van der Waals surface area contributed by atoms with Crippen LogP contribution < -0.4 is 15.8 Å². The highest BCUT2D eigenvalue weighted by molar-refractivity contribution is 7.98. The van der Waals surface area contributed by atoms with E-state index in [9.17, 15) is 0 Å². The van der Waals surface area contributed by atoms with Gasteiger partial charge in [-0.15, -0.1) is 0 Å². The van der Waals surface area contributed by atoms with E-state index in [-0.39, 0.29) is 0 Å². The van der Waals surface area contributed by atoms with Gasteiger partial charge in [-0.2, -0.15) is 16.1 Å². The molecule has 0 fully saturated rings. The molecule has 1 heterocycles. The monoisotopic (exact) mass is 233 g/mol. The number of anilines is 2. The largest absolute Gasteiger partial charge is 0.487 e. The van der Waals surface area contributed by atoms with Gasteiger partial charge in [0.05, 0.1) is 6.61 Å². The van der Waals surface area contributed by atoms with E-state index in [1.807, 2.05) is 6.92 Å². The molecular weight excluding hydrogens is 218 g/mol. The third-order valence-electron chi connectivity index (χ3n) is 1.55. The number of nitrogens with one attached hydrogen (secondary N) is 1. The summed E-state index contributed by atoms with van der Waals surface area (Å²) in [5.41, 5.74) is 5.66. The van der Waals surface area contributed by atoms with Gasteiger partial charge in [-0.25, -0.2) is 0 Å². The molecule has 0 aliphatic rings. The number of aromatic nitrogens is 1. The predicted molar refractivity (Wildman–Crippen MR) is 64.6 cm³/mol. The quantitative estimate of drug-likeness (QED) is 0.735. The number of ether oxygens (including phenoxy) is 1. The Kier molecular flexibility index (Phi) is 4.89. The van der Waals surface area contributed by atoms with Crippen molar-refractivity contribution in [1.82, 2.24) is 4.37 Å². The summed E-state index contributed by atoms with van der Waals surface area (Å²) in [6, 6.07) is 0. The third kappa shape index (κ3) is 2.95. The lowest BCUT2D eigenvalue weighted by atomic mass is 10.5. The van der Waals surface area contributed by atoms with E-state index in [1.54, 1.807) is 11.8 Å². The van der Waals surface area contributed by atoms with E-state index < -0.39 is 0 Å². The second-order valence-electron chi connectivity index (χ2n) is 2.58. The molecule has 1 rings (SSSR count). The third-order valence-corrected chi connectivity index (χ3v) is 2.97. The van der Waals surface area contributed by atoms with Crippen molar-refractivity contribution >= 4 is 34.1 Å². The number of nitrogens with two attached hydrogens (primary N) is 1. The van der Waals surface area contributed by atoms with Crippen molar-refractivity contribution in [3.05, 3.63) is 0 Å². The normalized spacial score (nSPS) is 10.1. The van der Waals surface area contributed by atoms with Gasteiger partial charge in [0, 0.05) is 12.3 Å². The van der Waals surface area contributed by atoms with Gasteiger partial charge in [0.2, 0.25) is 0 Å². The highest BCUT2D eigenvalue weighted by atomic mass is 32.2. The van der Waals surface area contributed by atoms with Crippen molar-refractivity contribution < 1.29 is 4.74 Å². The lowest BCUT2D eigenvalue weighted by Gasteiger charge is -2.06. The summed E-state index contributed by atoms with van der Waals surface area (Å²) >= 11 is 3.14. The molecule has 1 aromatic heterocycles. The minimum atomic E-state index is 0.475. The van der Waals surface area contributed by atoms with Crippen LogP contribution in [0.2, 0.25) is 0 Å². The van der Waals surface area contributed by atoms with E-state index >= 15 is 0 Å². The Hall–Kier alpha value is -0.620. The fourth-order valence-corrected chi connectivity index (χ4v) is 1.95. The summed E-state index contributed by atoms with van der Waals surface area (Å²) in [6.07, 6.45) is 2.08. The van der Waals surface area contributed by atoms with Crippen LogP contribution >= 0.6 is 23.3 Å². The van der Waals surface area contributed by atoms with Crippen molar-refractivity contribution in [3.63, 3.8) is 0 Å². The molecule has 0 saturated heterocycles. The average molecular weight is 233 g/mol. The summed E-state index contributed by atoms with van der Waals surface area (Å²) in [5.74, 6) is 2.23. The van der Waals surface area contributed by atoms with Crippen molar-refractivity contribution in [2.45, 2.75) is 6.92 Å². The molecule has 0 unspecified atom stereocenters. The van der Waals surface area contributed by atoms with Crippen molar-refractivity contribution in [3.8, 4) is 5.75 Å². The number of rotatable bonds is 6. The van der Waals surface area contributed by atoms with Crippen LogP contribution in [0.3, 0.4) is 0 Å². The Morgan fingerprint density at radius 2 is 2.43 bits per heavy atom. The predicted octanol–water partition coefficient (Wildman–Crippen LogP) is 1.90. The van der Waals surface area contributed by atoms with Gasteiger partial charge < -0.3 is 15.8 Å². The molecule has 0 atom stereocenters. The summed E-state index contributed by atoms with van der Waals surface area (Å²) < 4.78 is 9.43. The topological polar surface area (TPSA) is 60.2 Å². The summed E-state index contributed by atoms with van der Waals surface area (Å²) in [5, 5.41) is 4.18. The van der Waals surface area contributed by atoms with Crippen molar-refractivity contribution in [2.24, 2.45) is 0 Å². The Labute approximate surface area is 92.4 Å². The van der Waals surface area contributed by atoms with Gasteiger partial charge in [0.15, 0.2) is 16.6 Å². The lowest BCUT2D eigenvalue weighted by molar-refractivity contribution is 0.344. The van der Waals surface area contributed by atoms with Crippen LogP contribution in [0.4, 0.5) is 10.8 Å². The fourth-order valence-electron chi connectivity index (χ4n) is 0.957. The van der Waals surface area contributed by atoms with Crippen LogP contribution in [-0.4, -0.2) is 29.5 Å². The highest BCUT2D eigenvalue weighted by Crippen LogP contribution is 2.34. The molecule has 1 aromatic rings. The van der Waals surface area contributed by atoms with Gasteiger partial charge in [-0.3, -0.25) is 0 Å². The second-order valence-corrected chi connectivity index (χ2v) is 4.34. The van der Waals surface area contributed by atoms with Crippen LogP contribution in [0.25, 0.3) is 0 Å². The molecule has 0 spiro atoms. The molecular formula is C8H15N3OS2. The minimum absolute atomic E-state index is 0.475. The van der Waals surface area contributed by atoms with Crippen LogP contribution in [0.5, 0.6) is 5.75 Å². The Bertz CT molecular complexity index is 278. The number of nitrogen functional groups attached to an aromatic ring is 1. The summed E-state index contributed by atoms with van der Waals surface area (Å²) in [4.78, 5) is 0. The first-order chi connectivity index (χ1) is 6.79. The van der Waals surface area contributed by atoms with Crippen LogP contribution in [-0.2, 0) is 0 Å². The maximum Gasteiger partial charge on any atom is 0.197 e. The molecule has 0 amide bonds. The molecule has 0 radical (unpaired) electrons. The first-order valence-electron chi connectivity index (χ1n) is 4.40. The van der Waals surface area contributed by atoms with Crippen molar-refractivity contribution in [2.75, 3.05) is 36.2 Å². The van der Waals surface area contributed by atoms with Gasteiger partial charge in [-0.1, -0.05) is 0 Å². The SMILES string of the molecule is CCOc1c(N)nsc1NCCSC. The number of hydrogen-bond acceptors (Lipinski definition) is 6. The smallest absolute Gasteiger partial charge is 0.197 e. The molecule has 0 bridgehead atoms. The molecule has 0 saturated carbocycles. The Morgan fingerprint density at radius 3 is 3.07 bits per heavy atom. The molecule has 0 aliphatic carbocycles. The second kappa shape index (κ2) is 5.98. The summed E-state index contributed by atoms with van der Waals surface area (Å²) in [7, 11) is 0. The van der Waals surface area contributed by atoms with E-state index in [4.69, 9.17) is 10.5 Å². The molecule has 4 nitrogen and oxygen atoms in total. The zero-order valence-electron chi connectivity index (χ0n) is 8.37. The zero-order chi connectivity index (χ0) is 10.4. The standard InChI is InChI=1S/C8H15N3OS2/c1-3-12-6-7(9)11-14-8(6)10-4-5-13-2/h10H,3-5H2,1-2H3,(H2,9,11). The Morgan fingerprint density at radius 1 is 1.64 bits per heavy atom. The Balaban J connectivity index is 2.56. The fraction of sp³-hybridized carbons (Fsp3) is 0.625. The average Bonchev–Trinajstić information content (AvgIpc) is 2.51. The van der Waals surface area contributed by atoms with Gasteiger partial charge in [0.1, 0.15) is 0 Å². The van der Waals surface area contributed by atoms with Gasteiger partial charge in [0.25, 0.3) is 0 Å². The van der Waals surface area contributed by atoms with Crippen LogP contribution in [0.15, 0.2) is 0 Å². The number of thioether (sulfide) groups is 1. The number of hydrogen-bond donors (Lipinski definition) is 2. The highest BCUT2D eigenvalue weighted by Gasteiger charge is 2.11. The molecule has 80 valence electrons. The maximum atomic E-state index is 5.66. The first-order valence-corrected chi connectivity index (χ1v) is 6.57. The van der Waals surface area contributed by atoms with Crippen LogP contribution in [0.1, 0.15) is 6.92 Å². The van der Waals surface area contributed by atoms with E-state index in [0.29, 0.717) is 18.2 Å². The molecule has 14 heavy (non-hydrogen) atoms. The molecule has 6 heteroatoms. The van der Waals surface area contributed by atoms with E-state index in [2.05, 4.69) is 15.9 Å². The zero-order valence-corrected chi connectivity index (χ0v) is 10.0. The van der Waals surface area contributed by atoms with E-state index in [0.717, 1.165) is 17.3 Å². The number of nitrogens with zero attached hydrogens (tertiary/aromatic N) is 1. The first kappa shape index (κ1) is 11.5. The molecule has 0 aliphatic heterocycles. The lowest BCUT2D eigenvalue weighted by Crippen LogP contribution is -2.04. The molecule has 0 aromatic carbocycles. The van der Waals surface area contributed by atoms with E-state index in [1.165, 1.54) is 11.5 Å². The van der Waals surface area contributed by atoms with Crippen LogP contribution in [0, 0.1) is 0 Å². The van der Waals surface area contributed by atoms with Gasteiger partial charge in [-0.05, 0) is 24.7 Å². The minimum Gasteiger partial charge on any atom is -0.487 e. The molecule has 3 N–H and O–H groups in total. The summed E-state index contributed by atoms with van der Waals surface area (Å²) in [6.45, 7) is 3.45. The maximum absolute atomic E-state index is 5.66. The van der Waals surface area contributed by atoms with Gasteiger partial charge >= 0.3 is 0 Å².